The molecule has 0 aromatic heterocycles. The van der Waals surface area contributed by atoms with Crippen LogP contribution >= 0.6 is 0 Å². The lowest BCUT2D eigenvalue weighted by Gasteiger charge is -2.29. The van der Waals surface area contributed by atoms with Crippen LogP contribution in [0.15, 0.2) is 0 Å². The number of aliphatic hydroxyl groups is 2. The van der Waals surface area contributed by atoms with Crippen LogP contribution in [0.2, 0.25) is 0 Å². The predicted octanol–water partition coefficient (Wildman–Crippen LogP) is 1.28. The van der Waals surface area contributed by atoms with Crippen LogP contribution in [-0.2, 0) is 4.74 Å². The normalized spacial score (nSPS) is 35.2. The maximum atomic E-state index is 9.02. The van der Waals surface area contributed by atoms with Gasteiger partial charge >= 0.3 is 0 Å². The van der Waals surface area contributed by atoms with E-state index in [1.807, 2.05) is 20.8 Å². The number of ether oxygens (including phenoxy) is 1. The number of rotatable bonds is 1. The van der Waals surface area contributed by atoms with Gasteiger partial charge in [-0.15, -0.1) is 0 Å². The van der Waals surface area contributed by atoms with E-state index in [2.05, 4.69) is 0 Å². The minimum atomic E-state index is -0.960. The van der Waals surface area contributed by atoms with E-state index in [0.717, 1.165) is 12.8 Å². The molecule has 0 spiro atoms. The standard InChI is InChI=1S/C7H14O3.C2H6/c1-2-5-3-4-6(8)7(9)10-5;1-2/h5-9H,2-4H2,1H3;1-2H3/t5-,6?,7?;/m0./s1. The fourth-order valence-electron chi connectivity index (χ4n) is 1.16. The van der Waals surface area contributed by atoms with Gasteiger partial charge in [-0.1, -0.05) is 20.8 Å². The molecule has 1 rings (SSSR count). The Labute approximate surface area is 74.4 Å². The lowest BCUT2D eigenvalue weighted by Crippen LogP contribution is -2.38. The van der Waals surface area contributed by atoms with Crippen LogP contribution in [0.25, 0.3) is 0 Å². The van der Waals surface area contributed by atoms with Crippen LogP contribution in [0.4, 0.5) is 0 Å². The summed E-state index contributed by atoms with van der Waals surface area (Å²) in [6.07, 6.45) is 0.915. The van der Waals surface area contributed by atoms with Crippen molar-refractivity contribution in [1.82, 2.24) is 0 Å². The Kier molecular flexibility index (Phi) is 6.34. The molecular weight excluding hydrogens is 156 g/mol. The number of hydrogen-bond donors (Lipinski definition) is 2. The van der Waals surface area contributed by atoms with E-state index in [-0.39, 0.29) is 6.10 Å². The summed E-state index contributed by atoms with van der Waals surface area (Å²) < 4.78 is 5.05. The quantitative estimate of drug-likeness (QED) is 0.632. The van der Waals surface area contributed by atoms with E-state index >= 15 is 0 Å². The van der Waals surface area contributed by atoms with Crippen molar-refractivity contribution in [2.24, 2.45) is 0 Å². The third kappa shape index (κ3) is 3.52. The molecular formula is C9H20O3. The molecule has 3 heteroatoms. The van der Waals surface area contributed by atoms with Crippen molar-refractivity contribution in [1.29, 1.82) is 0 Å². The number of aliphatic hydroxyl groups excluding tert-OH is 2. The fraction of sp³-hybridized carbons (Fsp3) is 1.00. The van der Waals surface area contributed by atoms with E-state index < -0.39 is 12.4 Å². The van der Waals surface area contributed by atoms with Gasteiger partial charge in [0.2, 0.25) is 0 Å². The van der Waals surface area contributed by atoms with Gasteiger partial charge in [-0.2, -0.15) is 0 Å². The highest BCUT2D eigenvalue weighted by atomic mass is 16.6. The second-order valence-corrected chi connectivity index (χ2v) is 2.70. The maximum Gasteiger partial charge on any atom is 0.181 e. The summed E-state index contributed by atoms with van der Waals surface area (Å²) in [7, 11) is 0. The van der Waals surface area contributed by atoms with Gasteiger partial charge in [0.15, 0.2) is 6.29 Å². The zero-order chi connectivity index (χ0) is 9.56. The van der Waals surface area contributed by atoms with E-state index in [9.17, 15) is 0 Å². The Morgan fingerprint density at radius 1 is 1.25 bits per heavy atom. The van der Waals surface area contributed by atoms with Crippen molar-refractivity contribution in [3.63, 3.8) is 0 Å². The van der Waals surface area contributed by atoms with Gasteiger partial charge in [0.05, 0.1) is 6.10 Å². The predicted molar refractivity (Wildman–Crippen MR) is 47.8 cm³/mol. The van der Waals surface area contributed by atoms with Gasteiger partial charge in [0, 0.05) is 0 Å². The molecule has 0 aromatic rings. The second kappa shape index (κ2) is 6.40. The van der Waals surface area contributed by atoms with Crippen molar-refractivity contribution in [2.45, 2.75) is 58.5 Å². The summed E-state index contributed by atoms with van der Waals surface area (Å²) in [5, 5.41) is 18.0. The Morgan fingerprint density at radius 3 is 2.25 bits per heavy atom. The van der Waals surface area contributed by atoms with Crippen LogP contribution < -0.4 is 0 Å². The van der Waals surface area contributed by atoms with E-state index in [1.165, 1.54) is 0 Å². The lowest BCUT2D eigenvalue weighted by molar-refractivity contribution is -0.215. The average Bonchev–Trinajstić information content (AvgIpc) is 2.13. The average molecular weight is 176 g/mol. The maximum absolute atomic E-state index is 9.02. The SMILES string of the molecule is CC.CC[C@H]1CCC(O)C(O)O1. The molecule has 1 aliphatic rings. The van der Waals surface area contributed by atoms with E-state index in [0.29, 0.717) is 6.42 Å². The first-order valence-corrected chi connectivity index (χ1v) is 4.75. The largest absolute Gasteiger partial charge is 0.388 e. The van der Waals surface area contributed by atoms with Crippen LogP contribution in [0.1, 0.15) is 40.0 Å². The molecule has 1 fully saturated rings. The fourth-order valence-corrected chi connectivity index (χ4v) is 1.16. The first-order valence-electron chi connectivity index (χ1n) is 4.75. The van der Waals surface area contributed by atoms with Gasteiger partial charge in [-0.3, -0.25) is 0 Å². The summed E-state index contributed by atoms with van der Waals surface area (Å²) in [6, 6.07) is 0. The Hall–Kier alpha value is -0.120. The molecule has 1 saturated heterocycles. The molecule has 0 saturated carbocycles. The molecule has 3 nitrogen and oxygen atoms in total. The molecule has 3 atom stereocenters. The van der Waals surface area contributed by atoms with Crippen LogP contribution in [0.5, 0.6) is 0 Å². The molecule has 2 N–H and O–H groups in total. The first kappa shape index (κ1) is 11.9. The molecule has 0 aromatic carbocycles. The van der Waals surface area contributed by atoms with Gasteiger partial charge in [0.1, 0.15) is 6.10 Å². The Bertz CT molecular complexity index is 106. The van der Waals surface area contributed by atoms with Gasteiger partial charge < -0.3 is 14.9 Å². The highest BCUT2D eigenvalue weighted by molar-refractivity contribution is 4.70. The van der Waals surface area contributed by atoms with Gasteiger partial charge in [0.25, 0.3) is 0 Å². The summed E-state index contributed by atoms with van der Waals surface area (Å²) in [6.45, 7) is 6.01. The van der Waals surface area contributed by atoms with Crippen LogP contribution in [0.3, 0.4) is 0 Å². The van der Waals surface area contributed by atoms with Gasteiger partial charge in [-0.25, -0.2) is 0 Å². The zero-order valence-corrected chi connectivity index (χ0v) is 8.16. The highest BCUT2D eigenvalue weighted by Crippen LogP contribution is 2.19. The van der Waals surface area contributed by atoms with Crippen molar-refractivity contribution >= 4 is 0 Å². The third-order valence-corrected chi connectivity index (χ3v) is 1.90. The Morgan fingerprint density at radius 2 is 1.83 bits per heavy atom. The van der Waals surface area contributed by atoms with Crippen molar-refractivity contribution in [3.8, 4) is 0 Å². The molecule has 0 radical (unpaired) electrons. The molecule has 1 aliphatic heterocycles. The summed E-state index contributed by atoms with van der Waals surface area (Å²) in [5.41, 5.74) is 0. The van der Waals surface area contributed by atoms with E-state index in [1.54, 1.807) is 0 Å². The molecule has 1 heterocycles. The topological polar surface area (TPSA) is 49.7 Å². The minimum Gasteiger partial charge on any atom is -0.388 e. The third-order valence-electron chi connectivity index (χ3n) is 1.90. The number of hydrogen-bond acceptors (Lipinski definition) is 3. The minimum absolute atomic E-state index is 0.137. The second-order valence-electron chi connectivity index (χ2n) is 2.70. The molecule has 0 bridgehead atoms. The molecule has 74 valence electrons. The molecule has 0 aliphatic carbocycles. The Balaban J connectivity index is 0.000000561. The van der Waals surface area contributed by atoms with Crippen molar-refractivity contribution in [3.05, 3.63) is 0 Å². The van der Waals surface area contributed by atoms with Crippen LogP contribution in [0, 0.1) is 0 Å². The lowest BCUT2D eigenvalue weighted by atomic mass is 10.0. The summed E-state index contributed by atoms with van der Waals surface area (Å²) in [4.78, 5) is 0. The van der Waals surface area contributed by atoms with Crippen LogP contribution in [-0.4, -0.2) is 28.7 Å². The van der Waals surface area contributed by atoms with Gasteiger partial charge in [-0.05, 0) is 19.3 Å². The molecule has 0 amide bonds. The smallest absolute Gasteiger partial charge is 0.181 e. The highest BCUT2D eigenvalue weighted by Gasteiger charge is 2.26. The zero-order valence-electron chi connectivity index (χ0n) is 8.16. The monoisotopic (exact) mass is 176 g/mol. The van der Waals surface area contributed by atoms with Crippen molar-refractivity contribution in [2.75, 3.05) is 0 Å². The molecule has 12 heavy (non-hydrogen) atoms. The molecule has 2 unspecified atom stereocenters. The summed E-state index contributed by atoms with van der Waals surface area (Å²) in [5.74, 6) is 0. The first-order chi connectivity index (χ1) is 5.74. The van der Waals surface area contributed by atoms with Crippen molar-refractivity contribution < 1.29 is 14.9 Å². The summed E-state index contributed by atoms with van der Waals surface area (Å²) >= 11 is 0. The van der Waals surface area contributed by atoms with E-state index in [4.69, 9.17) is 14.9 Å².